The molecule has 0 saturated heterocycles. The standard InChI is InChI=1S/C14H23N3O/c1-14(2,3)12(16)13(18)17-9-11-6-4-5-10(7-11)8-15/h4-7,12H,8-9,15-16H2,1-3H3,(H,17,18). The second kappa shape index (κ2) is 5.98. The van der Waals surface area contributed by atoms with Gasteiger partial charge in [-0.15, -0.1) is 0 Å². The predicted molar refractivity (Wildman–Crippen MR) is 73.6 cm³/mol. The molecule has 1 aromatic rings. The zero-order valence-corrected chi connectivity index (χ0v) is 11.4. The van der Waals surface area contributed by atoms with Crippen molar-refractivity contribution in [3.8, 4) is 0 Å². The summed E-state index contributed by atoms with van der Waals surface area (Å²) in [5.74, 6) is -0.124. The van der Waals surface area contributed by atoms with Gasteiger partial charge in [-0.1, -0.05) is 45.0 Å². The van der Waals surface area contributed by atoms with Crippen LogP contribution in [0.15, 0.2) is 24.3 Å². The van der Waals surface area contributed by atoms with Gasteiger partial charge in [0.15, 0.2) is 0 Å². The maximum atomic E-state index is 11.9. The highest BCUT2D eigenvalue weighted by Gasteiger charge is 2.26. The van der Waals surface area contributed by atoms with Crippen LogP contribution < -0.4 is 16.8 Å². The summed E-state index contributed by atoms with van der Waals surface area (Å²) in [6.07, 6.45) is 0. The van der Waals surface area contributed by atoms with E-state index in [1.165, 1.54) is 0 Å². The summed E-state index contributed by atoms with van der Waals surface area (Å²) in [7, 11) is 0. The van der Waals surface area contributed by atoms with Gasteiger partial charge in [0.25, 0.3) is 0 Å². The molecule has 0 aliphatic carbocycles. The fraction of sp³-hybridized carbons (Fsp3) is 0.500. The second-order valence-corrected chi connectivity index (χ2v) is 5.59. The van der Waals surface area contributed by atoms with E-state index in [2.05, 4.69) is 5.32 Å². The Balaban J connectivity index is 2.57. The van der Waals surface area contributed by atoms with E-state index in [1.54, 1.807) is 0 Å². The molecule has 0 aliphatic heterocycles. The van der Waals surface area contributed by atoms with Crippen LogP contribution in [0.5, 0.6) is 0 Å². The summed E-state index contributed by atoms with van der Waals surface area (Å²) in [5.41, 5.74) is 13.3. The lowest BCUT2D eigenvalue weighted by Crippen LogP contribution is -2.48. The summed E-state index contributed by atoms with van der Waals surface area (Å²) < 4.78 is 0. The van der Waals surface area contributed by atoms with Gasteiger partial charge in [-0.05, 0) is 16.5 Å². The van der Waals surface area contributed by atoms with Gasteiger partial charge in [0, 0.05) is 13.1 Å². The molecule has 100 valence electrons. The zero-order valence-electron chi connectivity index (χ0n) is 11.4. The first-order valence-electron chi connectivity index (χ1n) is 6.16. The Hall–Kier alpha value is -1.39. The molecule has 0 fully saturated rings. The molecule has 5 N–H and O–H groups in total. The second-order valence-electron chi connectivity index (χ2n) is 5.59. The maximum absolute atomic E-state index is 11.9. The lowest BCUT2D eigenvalue weighted by Gasteiger charge is -2.25. The van der Waals surface area contributed by atoms with Gasteiger partial charge in [-0.3, -0.25) is 4.79 Å². The molecule has 1 amide bonds. The molecule has 0 saturated carbocycles. The van der Waals surface area contributed by atoms with Crippen LogP contribution in [0.4, 0.5) is 0 Å². The van der Waals surface area contributed by atoms with Gasteiger partial charge in [-0.25, -0.2) is 0 Å². The van der Waals surface area contributed by atoms with Crippen molar-refractivity contribution in [3.63, 3.8) is 0 Å². The van der Waals surface area contributed by atoms with Crippen molar-refractivity contribution in [1.82, 2.24) is 5.32 Å². The molecule has 1 aromatic carbocycles. The van der Waals surface area contributed by atoms with E-state index in [4.69, 9.17) is 11.5 Å². The molecule has 18 heavy (non-hydrogen) atoms. The van der Waals surface area contributed by atoms with Crippen molar-refractivity contribution in [3.05, 3.63) is 35.4 Å². The molecule has 0 aliphatic rings. The third-order valence-electron chi connectivity index (χ3n) is 2.91. The summed E-state index contributed by atoms with van der Waals surface area (Å²) >= 11 is 0. The molecule has 4 heteroatoms. The molecular weight excluding hydrogens is 226 g/mol. The van der Waals surface area contributed by atoms with E-state index in [1.807, 2.05) is 45.0 Å². The Labute approximate surface area is 109 Å². The Morgan fingerprint density at radius 3 is 2.50 bits per heavy atom. The highest BCUT2D eigenvalue weighted by atomic mass is 16.2. The minimum Gasteiger partial charge on any atom is -0.351 e. The number of carbonyl (C=O) groups is 1. The molecule has 1 rings (SSSR count). The van der Waals surface area contributed by atoms with E-state index in [0.717, 1.165) is 11.1 Å². The van der Waals surface area contributed by atoms with Gasteiger partial charge in [0.2, 0.25) is 5.91 Å². The van der Waals surface area contributed by atoms with Crippen LogP contribution in [0.2, 0.25) is 0 Å². The molecule has 0 radical (unpaired) electrons. The molecule has 0 bridgehead atoms. The van der Waals surface area contributed by atoms with E-state index >= 15 is 0 Å². The number of hydrogen-bond donors (Lipinski definition) is 3. The lowest BCUT2D eigenvalue weighted by atomic mass is 9.87. The Bertz CT molecular complexity index is 410. The first-order valence-corrected chi connectivity index (χ1v) is 6.16. The number of hydrogen-bond acceptors (Lipinski definition) is 3. The van der Waals surface area contributed by atoms with Crippen molar-refractivity contribution in [2.24, 2.45) is 16.9 Å². The first-order chi connectivity index (χ1) is 8.34. The predicted octanol–water partition coefficient (Wildman–Crippen LogP) is 1.13. The van der Waals surface area contributed by atoms with Crippen LogP contribution in [0.25, 0.3) is 0 Å². The van der Waals surface area contributed by atoms with Gasteiger partial charge in [0.05, 0.1) is 6.04 Å². The fourth-order valence-electron chi connectivity index (χ4n) is 1.56. The summed E-state index contributed by atoms with van der Waals surface area (Å²) in [5, 5.41) is 2.85. The van der Waals surface area contributed by atoms with Gasteiger partial charge < -0.3 is 16.8 Å². The summed E-state index contributed by atoms with van der Waals surface area (Å²) in [6.45, 7) is 6.84. The Kier molecular flexibility index (Phi) is 4.87. The zero-order chi connectivity index (χ0) is 13.8. The fourth-order valence-corrected chi connectivity index (χ4v) is 1.56. The van der Waals surface area contributed by atoms with Gasteiger partial charge in [-0.2, -0.15) is 0 Å². The van der Waals surface area contributed by atoms with Gasteiger partial charge in [0.1, 0.15) is 0 Å². The SMILES string of the molecule is CC(C)(C)C(N)C(=O)NCc1cccc(CN)c1. The third kappa shape index (κ3) is 4.13. The van der Waals surface area contributed by atoms with Crippen LogP contribution in [0.1, 0.15) is 31.9 Å². The van der Waals surface area contributed by atoms with E-state index in [-0.39, 0.29) is 11.3 Å². The normalized spacial score (nSPS) is 13.2. The number of nitrogens with one attached hydrogen (secondary N) is 1. The highest BCUT2D eigenvalue weighted by molar-refractivity contribution is 5.82. The number of nitrogens with two attached hydrogens (primary N) is 2. The third-order valence-corrected chi connectivity index (χ3v) is 2.91. The molecule has 0 aromatic heterocycles. The number of carbonyl (C=O) groups excluding carboxylic acids is 1. The quantitative estimate of drug-likeness (QED) is 0.748. The van der Waals surface area contributed by atoms with Crippen LogP contribution in [0, 0.1) is 5.41 Å². The molecule has 1 unspecified atom stereocenters. The van der Waals surface area contributed by atoms with Crippen LogP contribution >= 0.6 is 0 Å². The average Bonchev–Trinajstić information content (AvgIpc) is 2.34. The largest absolute Gasteiger partial charge is 0.351 e. The number of rotatable bonds is 4. The monoisotopic (exact) mass is 249 g/mol. The van der Waals surface area contributed by atoms with Gasteiger partial charge >= 0.3 is 0 Å². The molecule has 1 atom stereocenters. The molecule has 0 heterocycles. The number of amides is 1. The number of benzene rings is 1. The van der Waals surface area contributed by atoms with Crippen molar-refractivity contribution in [2.75, 3.05) is 0 Å². The van der Waals surface area contributed by atoms with Crippen LogP contribution in [-0.2, 0) is 17.9 Å². The van der Waals surface area contributed by atoms with E-state index < -0.39 is 6.04 Å². The van der Waals surface area contributed by atoms with E-state index in [0.29, 0.717) is 13.1 Å². The first kappa shape index (κ1) is 14.7. The highest BCUT2D eigenvalue weighted by Crippen LogP contribution is 2.17. The van der Waals surface area contributed by atoms with Crippen molar-refractivity contribution in [2.45, 2.75) is 39.9 Å². The van der Waals surface area contributed by atoms with E-state index in [9.17, 15) is 4.79 Å². The minimum absolute atomic E-state index is 0.124. The maximum Gasteiger partial charge on any atom is 0.237 e. The Morgan fingerprint density at radius 1 is 1.33 bits per heavy atom. The average molecular weight is 249 g/mol. The molecular formula is C14H23N3O. The van der Waals surface area contributed by atoms with Crippen molar-refractivity contribution in [1.29, 1.82) is 0 Å². The summed E-state index contributed by atoms with van der Waals surface area (Å²) in [6, 6.07) is 7.35. The molecule has 0 spiro atoms. The molecule has 4 nitrogen and oxygen atoms in total. The van der Waals surface area contributed by atoms with Crippen molar-refractivity contribution < 1.29 is 4.79 Å². The Morgan fingerprint density at radius 2 is 1.94 bits per heavy atom. The lowest BCUT2D eigenvalue weighted by molar-refractivity contribution is -0.124. The summed E-state index contributed by atoms with van der Waals surface area (Å²) in [4.78, 5) is 11.9. The van der Waals surface area contributed by atoms with Crippen LogP contribution in [-0.4, -0.2) is 11.9 Å². The topological polar surface area (TPSA) is 81.1 Å². The smallest absolute Gasteiger partial charge is 0.237 e. The minimum atomic E-state index is -0.504. The van der Waals surface area contributed by atoms with Crippen molar-refractivity contribution >= 4 is 5.91 Å². The van der Waals surface area contributed by atoms with Crippen LogP contribution in [0.3, 0.4) is 0 Å².